The second kappa shape index (κ2) is 5.58. The summed E-state index contributed by atoms with van der Waals surface area (Å²) in [4.78, 5) is 15.9. The van der Waals surface area contributed by atoms with Crippen molar-refractivity contribution in [3.05, 3.63) is 34.5 Å². The fourth-order valence-corrected chi connectivity index (χ4v) is 2.11. The quantitative estimate of drug-likeness (QED) is 0.475. The Labute approximate surface area is 109 Å². The molecule has 0 bridgehead atoms. The predicted molar refractivity (Wildman–Crippen MR) is 67.4 cm³/mol. The molecule has 1 heterocycles. The molecule has 1 aromatic rings. The summed E-state index contributed by atoms with van der Waals surface area (Å²) >= 11 is 0. The highest BCUT2D eigenvalue weighted by molar-refractivity contribution is 5.96. The van der Waals surface area contributed by atoms with Crippen LogP contribution in [-0.2, 0) is 4.79 Å². The third-order valence-electron chi connectivity index (χ3n) is 3.05. The Kier molecular flexibility index (Phi) is 3.87. The molecule has 1 fully saturated rings. The van der Waals surface area contributed by atoms with Gasteiger partial charge in [0.05, 0.1) is 12.8 Å². The molecule has 0 aromatic heterocycles. The van der Waals surface area contributed by atoms with E-state index in [1.54, 1.807) is 0 Å². The van der Waals surface area contributed by atoms with Crippen LogP contribution in [0.1, 0.15) is 6.42 Å². The van der Waals surface area contributed by atoms with Crippen LogP contribution in [0.2, 0.25) is 0 Å². The normalized spacial score (nSPS) is 18.3. The van der Waals surface area contributed by atoms with Gasteiger partial charge < -0.3 is 9.64 Å². The third-order valence-corrected chi connectivity index (χ3v) is 3.05. The van der Waals surface area contributed by atoms with Gasteiger partial charge in [-0.25, -0.2) is 4.39 Å². The summed E-state index contributed by atoms with van der Waals surface area (Å²) in [5.41, 5.74) is 8.47. The highest BCUT2D eigenvalue weighted by Crippen LogP contribution is 2.30. The Morgan fingerprint density at radius 3 is 3.11 bits per heavy atom. The fraction of sp³-hybridized carbons (Fsp3) is 0.417. The van der Waals surface area contributed by atoms with E-state index in [1.807, 2.05) is 0 Å². The minimum atomic E-state index is -0.474. The van der Waals surface area contributed by atoms with Crippen molar-refractivity contribution < 1.29 is 13.9 Å². The van der Waals surface area contributed by atoms with Gasteiger partial charge in [0.1, 0.15) is 11.6 Å². The molecule has 19 heavy (non-hydrogen) atoms. The summed E-state index contributed by atoms with van der Waals surface area (Å²) in [6.45, 7) is 0.590. The SMILES string of the molecule is COc1ccc(F)c(N2CC(CN=[N+]=[N-])CC2=O)c1. The molecule has 0 radical (unpaired) electrons. The lowest BCUT2D eigenvalue weighted by atomic mass is 10.1. The number of nitrogens with zero attached hydrogens (tertiary/aromatic N) is 4. The van der Waals surface area contributed by atoms with Crippen molar-refractivity contribution in [3.8, 4) is 5.75 Å². The number of carbonyl (C=O) groups excluding carboxylic acids is 1. The number of carbonyl (C=O) groups is 1. The van der Waals surface area contributed by atoms with Gasteiger partial charge >= 0.3 is 0 Å². The predicted octanol–water partition coefficient (Wildman–Crippen LogP) is 2.50. The molecule has 6 nitrogen and oxygen atoms in total. The summed E-state index contributed by atoms with van der Waals surface area (Å²) in [6.07, 6.45) is 0.260. The molecule has 0 N–H and O–H groups in total. The highest BCUT2D eigenvalue weighted by Gasteiger charge is 2.31. The minimum absolute atomic E-state index is 0.0750. The van der Waals surface area contributed by atoms with Crippen molar-refractivity contribution in [2.45, 2.75) is 6.42 Å². The van der Waals surface area contributed by atoms with E-state index >= 15 is 0 Å². The Morgan fingerprint density at radius 2 is 2.42 bits per heavy atom. The van der Waals surface area contributed by atoms with E-state index in [-0.39, 0.29) is 30.5 Å². The number of halogens is 1. The van der Waals surface area contributed by atoms with Crippen molar-refractivity contribution in [1.82, 2.24) is 0 Å². The van der Waals surface area contributed by atoms with Crippen LogP contribution in [0.25, 0.3) is 10.4 Å². The molecular weight excluding hydrogens is 251 g/mol. The lowest BCUT2D eigenvalue weighted by Crippen LogP contribution is -2.25. The maximum Gasteiger partial charge on any atom is 0.227 e. The van der Waals surface area contributed by atoms with E-state index < -0.39 is 5.82 Å². The summed E-state index contributed by atoms with van der Waals surface area (Å²) < 4.78 is 18.8. The van der Waals surface area contributed by atoms with Crippen LogP contribution in [0.4, 0.5) is 10.1 Å². The second-order valence-electron chi connectivity index (χ2n) is 4.31. The van der Waals surface area contributed by atoms with E-state index in [1.165, 1.54) is 30.2 Å². The Morgan fingerprint density at radius 1 is 1.63 bits per heavy atom. The number of anilines is 1. The summed E-state index contributed by atoms with van der Waals surface area (Å²) in [7, 11) is 1.48. The zero-order valence-electron chi connectivity index (χ0n) is 10.4. The Hall–Kier alpha value is -2.27. The molecule has 0 aliphatic carbocycles. The van der Waals surface area contributed by atoms with Gasteiger partial charge in [0.25, 0.3) is 0 Å². The van der Waals surface area contributed by atoms with Crippen molar-refractivity contribution in [2.24, 2.45) is 11.0 Å². The molecule has 1 atom stereocenters. The van der Waals surface area contributed by atoms with Gasteiger partial charge in [-0.3, -0.25) is 4.79 Å². The number of hydrogen-bond acceptors (Lipinski definition) is 3. The van der Waals surface area contributed by atoms with Crippen molar-refractivity contribution in [3.63, 3.8) is 0 Å². The van der Waals surface area contributed by atoms with Crippen LogP contribution in [-0.4, -0.2) is 26.1 Å². The lowest BCUT2D eigenvalue weighted by molar-refractivity contribution is -0.117. The second-order valence-corrected chi connectivity index (χ2v) is 4.31. The Bertz CT molecular complexity index is 543. The maximum atomic E-state index is 13.8. The van der Waals surface area contributed by atoms with Gasteiger partial charge in [-0.1, -0.05) is 5.11 Å². The monoisotopic (exact) mass is 264 g/mol. The average molecular weight is 264 g/mol. The number of hydrogen-bond donors (Lipinski definition) is 0. The molecule has 7 heteroatoms. The molecule has 1 aliphatic rings. The van der Waals surface area contributed by atoms with E-state index in [0.717, 1.165) is 0 Å². The van der Waals surface area contributed by atoms with Crippen LogP contribution >= 0.6 is 0 Å². The molecule has 0 spiro atoms. The van der Waals surface area contributed by atoms with Gasteiger partial charge in [0, 0.05) is 30.5 Å². The first-order valence-electron chi connectivity index (χ1n) is 5.80. The Balaban J connectivity index is 2.22. The van der Waals surface area contributed by atoms with Crippen LogP contribution in [0, 0.1) is 11.7 Å². The molecule has 1 unspecified atom stereocenters. The fourth-order valence-electron chi connectivity index (χ4n) is 2.11. The summed E-state index contributed by atoms with van der Waals surface area (Å²) in [6, 6.07) is 4.25. The van der Waals surface area contributed by atoms with Crippen molar-refractivity contribution >= 4 is 11.6 Å². The van der Waals surface area contributed by atoms with Crippen molar-refractivity contribution in [2.75, 3.05) is 25.1 Å². The van der Waals surface area contributed by atoms with E-state index in [0.29, 0.717) is 12.3 Å². The van der Waals surface area contributed by atoms with Crippen LogP contribution in [0.15, 0.2) is 23.3 Å². The molecule has 1 aromatic carbocycles. The van der Waals surface area contributed by atoms with Crippen LogP contribution in [0.3, 0.4) is 0 Å². The topological polar surface area (TPSA) is 78.3 Å². The average Bonchev–Trinajstić information content (AvgIpc) is 2.78. The number of amides is 1. The smallest absolute Gasteiger partial charge is 0.227 e. The van der Waals surface area contributed by atoms with E-state index in [9.17, 15) is 9.18 Å². The summed E-state index contributed by atoms with van der Waals surface area (Å²) in [5.74, 6) is -0.236. The van der Waals surface area contributed by atoms with Crippen molar-refractivity contribution in [1.29, 1.82) is 0 Å². The van der Waals surface area contributed by atoms with Gasteiger partial charge in [-0.15, -0.1) is 0 Å². The third kappa shape index (κ3) is 2.77. The minimum Gasteiger partial charge on any atom is -0.497 e. The first-order valence-corrected chi connectivity index (χ1v) is 5.80. The van der Waals surface area contributed by atoms with Crippen LogP contribution in [0.5, 0.6) is 5.75 Å². The molecule has 1 saturated heterocycles. The first-order chi connectivity index (χ1) is 9.15. The van der Waals surface area contributed by atoms with Gasteiger partial charge in [0.15, 0.2) is 0 Å². The van der Waals surface area contributed by atoms with E-state index in [2.05, 4.69) is 10.0 Å². The van der Waals surface area contributed by atoms with Gasteiger partial charge in [-0.05, 0) is 23.6 Å². The zero-order chi connectivity index (χ0) is 13.8. The molecule has 0 saturated carbocycles. The first kappa shape index (κ1) is 13.2. The molecule has 100 valence electrons. The largest absolute Gasteiger partial charge is 0.497 e. The zero-order valence-corrected chi connectivity index (χ0v) is 10.4. The molecule has 1 amide bonds. The standard InChI is InChI=1S/C12H13FN4O2/c1-19-9-2-3-10(13)11(5-9)17-7-8(4-12(17)18)6-15-16-14/h2-3,5,8H,4,6-7H2,1H3. The number of rotatable bonds is 4. The molecule has 2 rings (SSSR count). The summed E-state index contributed by atoms with van der Waals surface area (Å²) in [5, 5.41) is 3.46. The number of azide groups is 1. The maximum absolute atomic E-state index is 13.8. The highest BCUT2D eigenvalue weighted by atomic mass is 19.1. The number of ether oxygens (including phenoxy) is 1. The van der Waals surface area contributed by atoms with Gasteiger partial charge in [-0.2, -0.15) is 0 Å². The molecular formula is C12H13FN4O2. The van der Waals surface area contributed by atoms with E-state index in [4.69, 9.17) is 10.3 Å². The van der Waals surface area contributed by atoms with Crippen LogP contribution < -0.4 is 9.64 Å². The lowest BCUT2D eigenvalue weighted by Gasteiger charge is -2.18. The number of methoxy groups -OCH3 is 1. The molecule has 1 aliphatic heterocycles. The number of benzene rings is 1. The van der Waals surface area contributed by atoms with Gasteiger partial charge in [0.2, 0.25) is 5.91 Å².